The lowest BCUT2D eigenvalue weighted by Gasteiger charge is -1.86. The molecule has 0 bridgehead atoms. The molecule has 13 heavy (non-hydrogen) atoms. The minimum absolute atomic E-state index is 0.567. The first-order valence-electron chi connectivity index (χ1n) is 3.69. The van der Waals surface area contributed by atoms with Crippen LogP contribution in [0.5, 0.6) is 0 Å². The van der Waals surface area contributed by atoms with Gasteiger partial charge in [0, 0.05) is 0 Å². The summed E-state index contributed by atoms with van der Waals surface area (Å²) in [5.41, 5.74) is 1.92. The lowest BCUT2D eigenvalue weighted by molar-refractivity contribution is 0.559. The molecule has 64 valence electrons. The van der Waals surface area contributed by atoms with Crippen LogP contribution in [0.4, 0.5) is 0 Å². The van der Waals surface area contributed by atoms with Crippen LogP contribution in [0.2, 0.25) is 0 Å². The highest BCUT2D eigenvalue weighted by Gasteiger charge is 2.07. The first-order chi connectivity index (χ1) is 6.35. The van der Waals surface area contributed by atoms with Gasteiger partial charge in [-0.15, -0.1) is 0 Å². The fraction of sp³-hybridized carbons (Fsp3) is 0.111. The zero-order chi connectivity index (χ0) is 9.26. The van der Waals surface area contributed by atoms with Crippen LogP contribution >= 0.6 is 22.6 Å². The van der Waals surface area contributed by atoms with Gasteiger partial charge in [0.15, 0.2) is 5.58 Å². The van der Waals surface area contributed by atoms with Gasteiger partial charge in [-0.1, -0.05) is 28.7 Å². The van der Waals surface area contributed by atoms with Gasteiger partial charge in [-0.05, 0) is 12.1 Å². The van der Waals surface area contributed by atoms with E-state index in [-0.39, 0.29) is 0 Å². The number of para-hydroxylation sites is 1. The summed E-state index contributed by atoms with van der Waals surface area (Å²) in [6.45, 7) is 0. The van der Waals surface area contributed by atoms with E-state index in [0.717, 1.165) is 4.43 Å². The fourth-order valence-electron chi connectivity index (χ4n) is 1.14. The molecule has 0 saturated carbocycles. The zero-order valence-electron chi connectivity index (χ0n) is 6.62. The van der Waals surface area contributed by atoms with Gasteiger partial charge in [0.25, 0.3) is 0 Å². The van der Waals surface area contributed by atoms with Crippen molar-refractivity contribution in [3.05, 3.63) is 29.7 Å². The van der Waals surface area contributed by atoms with Crippen LogP contribution < -0.4 is 0 Å². The van der Waals surface area contributed by atoms with E-state index in [9.17, 15) is 0 Å². The molecular weight excluding hydrogens is 279 g/mol. The van der Waals surface area contributed by atoms with Crippen molar-refractivity contribution < 1.29 is 4.42 Å². The van der Waals surface area contributed by atoms with Crippen molar-refractivity contribution in [2.75, 3.05) is 0 Å². The van der Waals surface area contributed by atoms with E-state index < -0.39 is 0 Å². The van der Waals surface area contributed by atoms with Crippen molar-refractivity contribution in [1.82, 2.24) is 4.98 Å². The smallest absolute Gasteiger partial charge is 0.205 e. The molecule has 0 radical (unpaired) electrons. The number of oxazole rings is 1. The average molecular weight is 284 g/mol. The van der Waals surface area contributed by atoms with E-state index >= 15 is 0 Å². The molecule has 0 unspecified atom stereocenters. The van der Waals surface area contributed by atoms with Crippen LogP contribution in [0.25, 0.3) is 11.1 Å². The second kappa shape index (κ2) is 3.34. The summed E-state index contributed by atoms with van der Waals surface area (Å²) in [4.78, 5) is 4.21. The Bertz CT molecular complexity index is 484. The van der Waals surface area contributed by atoms with Gasteiger partial charge >= 0.3 is 0 Å². The summed E-state index contributed by atoms with van der Waals surface area (Å²) >= 11 is 2.17. The van der Waals surface area contributed by atoms with Crippen LogP contribution in [-0.4, -0.2) is 4.98 Å². The van der Waals surface area contributed by atoms with E-state index in [1.54, 1.807) is 12.1 Å². The SMILES string of the molecule is N#Cc1cccc2oc(CI)nc12. The molecule has 0 N–H and O–H groups in total. The Balaban J connectivity index is 2.76. The third kappa shape index (κ3) is 1.40. The quantitative estimate of drug-likeness (QED) is 0.597. The van der Waals surface area contributed by atoms with Gasteiger partial charge in [0.05, 0.1) is 9.99 Å². The van der Waals surface area contributed by atoms with Gasteiger partial charge < -0.3 is 4.42 Å². The number of aromatic nitrogens is 1. The third-order valence-corrected chi connectivity index (χ3v) is 2.35. The van der Waals surface area contributed by atoms with Crippen molar-refractivity contribution in [2.24, 2.45) is 0 Å². The van der Waals surface area contributed by atoms with Gasteiger partial charge in [0.2, 0.25) is 5.89 Å². The van der Waals surface area contributed by atoms with Crippen LogP contribution in [0.1, 0.15) is 11.5 Å². The highest BCUT2D eigenvalue weighted by molar-refractivity contribution is 14.1. The van der Waals surface area contributed by atoms with E-state index in [1.165, 1.54) is 0 Å². The number of alkyl halides is 1. The summed E-state index contributed by atoms with van der Waals surface area (Å²) in [6.07, 6.45) is 0. The lowest BCUT2D eigenvalue weighted by Crippen LogP contribution is -1.77. The largest absolute Gasteiger partial charge is 0.440 e. The topological polar surface area (TPSA) is 49.8 Å². The second-order valence-corrected chi connectivity index (χ2v) is 3.27. The van der Waals surface area contributed by atoms with Gasteiger partial charge in [0.1, 0.15) is 11.6 Å². The maximum atomic E-state index is 8.78. The van der Waals surface area contributed by atoms with Crippen LogP contribution in [-0.2, 0) is 4.43 Å². The number of nitrogens with zero attached hydrogens (tertiary/aromatic N) is 2. The molecule has 0 aliphatic rings. The summed E-state index contributed by atoms with van der Waals surface area (Å²) in [7, 11) is 0. The predicted molar refractivity (Wildman–Crippen MR) is 56.4 cm³/mol. The molecule has 0 atom stereocenters. The van der Waals surface area contributed by atoms with Crippen molar-refractivity contribution >= 4 is 33.7 Å². The molecule has 0 saturated heterocycles. The molecule has 0 amide bonds. The number of hydrogen-bond acceptors (Lipinski definition) is 3. The highest BCUT2D eigenvalue weighted by Crippen LogP contribution is 2.19. The average Bonchev–Trinajstić information content (AvgIpc) is 2.59. The fourth-order valence-corrected chi connectivity index (χ4v) is 1.47. The van der Waals surface area contributed by atoms with E-state index in [2.05, 4.69) is 33.6 Å². The number of rotatable bonds is 1. The predicted octanol–water partition coefficient (Wildman–Crippen LogP) is 2.63. The molecule has 0 spiro atoms. The second-order valence-electron chi connectivity index (χ2n) is 2.51. The zero-order valence-corrected chi connectivity index (χ0v) is 8.78. The molecule has 1 aromatic heterocycles. The van der Waals surface area contributed by atoms with E-state index in [0.29, 0.717) is 22.6 Å². The number of benzene rings is 1. The number of halogens is 1. The standard InChI is InChI=1S/C9H5IN2O/c10-4-8-12-9-6(5-11)2-1-3-7(9)13-8/h1-3H,4H2. The maximum absolute atomic E-state index is 8.78. The number of nitriles is 1. The van der Waals surface area contributed by atoms with Gasteiger partial charge in [-0.2, -0.15) is 5.26 Å². The molecule has 4 heteroatoms. The van der Waals surface area contributed by atoms with Crippen LogP contribution in [0.3, 0.4) is 0 Å². The Hall–Kier alpha value is -1.09. The van der Waals surface area contributed by atoms with Crippen molar-refractivity contribution in [2.45, 2.75) is 4.43 Å². The van der Waals surface area contributed by atoms with Crippen molar-refractivity contribution in [1.29, 1.82) is 5.26 Å². The van der Waals surface area contributed by atoms with Gasteiger partial charge in [-0.3, -0.25) is 0 Å². The number of hydrogen-bond donors (Lipinski definition) is 0. The Kier molecular flexibility index (Phi) is 2.19. The Morgan fingerprint density at radius 1 is 1.54 bits per heavy atom. The molecule has 3 nitrogen and oxygen atoms in total. The Morgan fingerprint density at radius 2 is 2.38 bits per heavy atom. The summed E-state index contributed by atoms with van der Waals surface area (Å²) in [6, 6.07) is 7.43. The minimum atomic E-state index is 0.567. The maximum Gasteiger partial charge on any atom is 0.205 e. The van der Waals surface area contributed by atoms with Crippen molar-refractivity contribution in [3.63, 3.8) is 0 Å². The molecule has 2 rings (SSSR count). The highest BCUT2D eigenvalue weighted by atomic mass is 127. The van der Waals surface area contributed by atoms with Crippen LogP contribution in [0.15, 0.2) is 22.6 Å². The minimum Gasteiger partial charge on any atom is -0.440 e. The summed E-state index contributed by atoms with van der Waals surface area (Å²) in [5, 5.41) is 8.78. The molecule has 0 aliphatic carbocycles. The number of fused-ring (bicyclic) bond motifs is 1. The normalized spacial score (nSPS) is 10.2. The van der Waals surface area contributed by atoms with E-state index in [4.69, 9.17) is 9.68 Å². The summed E-state index contributed by atoms with van der Waals surface area (Å²) < 4.78 is 6.11. The lowest BCUT2D eigenvalue weighted by atomic mass is 10.2. The molecule has 1 aromatic carbocycles. The Labute approximate surface area is 88.5 Å². The van der Waals surface area contributed by atoms with Gasteiger partial charge in [-0.25, -0.2) is 4.98 Å². The molecule has 0 aliphatic heterocycles. The monoisotopic (exact) mass is 284 g/mol. The molecule has 1 heterocycles. The molecule has 0 fully saturated rings. The first kappa shape index (κ1) is 8.51. The molecule has 2 aromatic rings. The van der Waals surface area contributed by atoms with Crippen molar-refractivity contribution in [3.8, 4) is 6.07 Å². The Morgan fingerprint density at radius 3 is 3.08 bits per heavy atom. The first-order valence-corrected chi connectivity index (χ1v) is 5.22. The van der Waals surface area contributed by atoms with Crippen LogP contribution in [0, 0.1) is 11.3 Å². The molecular formula is C9H5IN2O. The summed E-state index contributed by atoms with van der Waals surface area (Å²) in [5.74, 6) is 0.665. The third-order valence-electron chi connectivity index (χ3n) is 1.70. The van der Waals surface area contributed by atoms with E-state index in [1.807, 2.05) is 6.07 Å².